The lowest BCUT2D eigenvalue weighted by molar-refractivity contribution is -0.118. The molecule has 0 saturated heterocycles. The number of rotatable bonds is 5. The Morgan fingerprint density at radius 1 is 1.46 bits per heavy atom. The number of anilines is 1. The van der Waals surface area contributed by atoms with Gasteiger partial charge < -0.3 is 14.6 Å². The van der Waals surface area contributed by atoms with E-state index < -0.39 is 0 Å². The normalized spacial score (nSPS) is 17.6. The molecule has 1 aliphatic heterocycles. The number of amides is 1. The zero-order valence-electron chi connectivity index (χ0n) is 13.2. The summed E-state index contributed by atoms with van der Waals surface area (Å²) in [7, 11) is 0. The van der Waals surface area contributed by atoms with Gasteiger partial charge in [0.15, 0.2) is 17.5 Å². The molecule has 6 nitrogen and oxygen atoms in total. The van der Waals surface area contributed by atoms with Crippen LogP contribution in [0.3, 0.4) is 0 Å². The number of nitrogens with one attached hydrogen (secondary N) is 1. The number of Topliss-reactive ketones (excluding diaryl/α,β-unsaturated/α-hetero) is 1. The number of nitrogens with zero attached hydrogens (tertiary/aromatic N) is 2. The van der Waals surface area contributed by atoms with Gasteiger partial charge in [0.2, 0.25) is 0 Å². The molecule has 1 atom stereocenters. The Bertz CT molecular complexity index is 813. The van der Waals surface area contributed by atoms with Gasteiger partial charge in [0.1, 0.15) is 5.75 Å². The van der Waals surface area contributed by atoms with Crippen molar-refractivity contribution in [3.8, 4) is 5.75 Å². The van der Waals surface area contributed by atoms with Crippen LogP contribution < -0.4 is 10.1 Å². The Balaban J connectivity index is 1.51. The molecule has 24 heavy (non-hydrogen) atoms. The molecule has 2 aromatic rings. The number of fused-ring (bicyclic) bond motifs is 1. The predicted octanol–water partition coefficient (Wildman–Crippen LogP) is 2.91. The van der Waals surface area contributed by atoms with Crippen LogP contribution in [0.4, 0.5) is 5.69 Å². The summed E-state index contributed by atoms with van der Waals surface area (Å²) >= 11 is 1.47. The highest BCUT2D eigenvalue weighted by Crippen LogP contribution is 2.39. The molecular formula is C17H17N3O3S. The molecule has 1 aromatic carbocycles. The van der Waals surface area contributed by atoms with Crippen molar-refractivity contribution in [1.82, 2.24) is 9.55 Å². The minimum Gasteiger partial charge on any atom is -0.482 e. The molecule has 1 fully saturated rings. The van der Waals surface area contributed by atoms with Gasteiger partial charge in [-0.15, -0.1) is 0 Å². The van der Waals surface area contributed by atoms with Crippen molar-refractivity contribution in [1.29, 1.82) is 0 Å². The molecule has 2 aliphatic rings. The molecule has 2 heterocycles. The van der Waals surface area contributed by atoms with Crippen LogP contribution in [0.15, 0.2) is 35.7 Å². The summed E-state index contributed by atoms with van der Waals surface area (Å²) in [5.74, 6) is 0.393. The molecule has 1 saturated carbocycles. The summed E-state index contributed by atoms with van der Waals surface area (Å²) in [6, 6.07) is 5.68. The molecule has 0 bridgehead atoms. The number of carbonyl (C=O) groups is 2. The molecule has 124 valence electrons. The van der Waals surface area contributed by atoms with Gasteiger partial charge in [-0.25, -0.2) is 4.98 Å². The molecule has 0 spiro atoms. The van der Waals surface area contributed by atoms with Gasteiger partial charge in [0, 0.05) is 24.0 Å². The van der Waals surface area contributed by atoms with E-state index >= 15 is 0 Å². The second kappa shape index (κ2) is 5.98. The quantitative estimate of drug-likeness (QED) is 0.667. The average molecular weight is 343 g/mol. The van der Waals surface area contributed by atoms with Gasteiger partial charge in [0.25, 0.3) is 5.91 Å². The van der Waals surface area contributed by atoms with Gasteiger partial charge in [-0.2, -0.15) is 0 Å². The maximum atomic E-state index is 12.7. The van der Waals surface area contributed by atoms with E-state index in [-0.39, 0.29) is 23.5 Å². The molecule has 1 amide bonds. The van der Waals surface area contributed by atoms with E-state index in [1.807, 2.05) is 13.1 Å². The number of carbonyl (C=O) groups excluding carboxylic acids is 2. The van der Waals surface area contributed by atoms with Crippen LogP contribution in [-0.4, -0.2) is 33.1 Å². The lowest BCUT2D eigenvalue weighted by atomic mass is 10.1. The lowest BCUT2D eigenvalue weighted by Crippen LogP contribution is -2.25. The number of benzene rings is 1. The third kappa shape index (κ3) is 2.91. The first-order valence-electron chi connectivity index (χ1n) is 7.92. The molecule has 7 heteroatoms. The molecule has 1 aliphatic carbocycles. The van der Waals surface area contributed by atoms with E-state index in [0.717, 1.165) is 5.16 Å². The number of ether oxygens (including phenoxy) is 1. The van der Waals surface area contributed by atoms with E-state index in [4.69, 9.17) is 4.74 Å². The zero-order valence-corrected chi connectivity index (χ0v) is 14.0. The summed E-state index contributed by atoms with van der Waals surface area (Å²) in [6.45, 7) is 1.89. The second-order valence-corrected chi connectivity index (χ2v) is 7.33. The minimum absolute atomic E-state index is 0.00738. The SMILES string of the molecule is C[C@@H](Sc1nccn1C1CC1)C(=O)c1ccc2c(c1)NC(=O)CO2. The van der Waals surface area contributed by atoms with Crippen molar-refractivity contribution in [2.24, 2.45) is 0 Å². The zero-order chi connectivity index (χ0) is 16.7. The fourth-order valence-electron chi connectivity index (χ4n) is 2.70. The monoisotopic (exact) mass is 343 g/mol. The van der Waals surface area contributed by atoms with Gasteiger partial charge in [-0.3, -0.25) is 9.59 Å². The standard InChI is InChI=1S/C17H17N3O3S/c1-10(24-17-18-6-7-20(17)12-3-4-12)16(22)11-2-5-14-13(8-11)19-15(21)9-23-14/h2,5-8,10,12H,3-4,9H2,1H3,(H,19,21)/t10-/m1/s1. The number of imidazole rings is 1. The highest BCUT2D eigenvalue weighted by Gasteiger charge is 2.28. The Morgan fingerprint density at radius 2 is 2.29 bits per heavy atom. The molecule has 1 aromatic heterocycles. The smallest absolute Gasteiger partial charge is 0.262 e. The van der Waals surface area contributed by atoms with Crippen LogP contribution in [0.25, 0.3) is 0 Å². The number of aromatic nitrogens is 2. The van der Waals surface area contributed by atoms with Crippen molar-refractivity contribution >= 4 is 29.1 Å². The molecular weight excluding hydrogens is 326 g/mol. The number of ketones is 1. The van der Waals surface area contributed by atoms with E-state index in [2.05, 4.69) is 14.9 Å². The van der Waals surface area contributed by atoms with Crippen molar-refractivity contribution in [2.75, 3.05) is 11.9 Å². The van der Waals surface area contributed by atoms with Crippen LogP contribution in [0.2, 0.25) is 0 Å². The average Bonchev–Trinajstić information content (AvgIpc) is 3.33. The summed E-state index contributed by atoms with van der Waals surface area (Å²) in [4.78, 5) is 28.5. The summed E-state index contributed by atoms with van der Waals surface area (Å²) < 4.78 is 7.47. The van der Waals surface area contributed by atoms with Crippen LogP contribution in [-0.2, 0) is 4.79 Å². The van der Waals surface area contributed by atoms with Crippen molar-refractivity contribution in [3.63, 3.8) is 0 Å². The first kappa shape index (κ1) is 15.3. The largest absolute Gasteiger partial charge is 0.482 e. The number of hydrogen-bond acceptors (Lipinski definition) is 5. The van der Waals surface area contributed by atoms with E-state index in [0.29, 0.717) is 23.0 Å². The molecule has 0 unspecified atom stereocenters. The highest BCUT2D eigenvalue weighted by atomic mass is 32.2. The van der Waals surface area contributed by atoms with E-state index in [1.54, 1.807) is 24.4 Å². The van der Waals surface area contributed by atoms with Gasteiger partial charge in [0.05, 0.1) is 10.9 Å². The maximum absolute atomic E-state index is 12.7. The molecule has 4 rings (SSSR count). The second-order valence-electron chi connectivity index (χ2n) is 6.02. The van der Waals surface area contributed by atoms with E-state index in [1.165, 1.54) is 24.6 Å². The maximum Gasteiger partial charge on any atom is 0.262 e. The molecule has 1 N–H and O–H groups in total. The topological polar surface area (TPSA) is 73.2 Å². The fourth-order valence-corrected chi connectivity index (χ4v) is 3.72. The van der Waals surface area contributed by atoms with Crippen LogP contribution in [0.5, 0.6) is 5.75 Å². The third-order valence-corrected chi connectivity index (χ3v) is 5.22. The first-order valence-corrected chi connectivity index (χ1v) is 8.80. The Morgan fingerprint density at radius 3 is 3.08 bits per heavy atom. The van der Waals surface area contributed by atoms with Crippen LogP contribution in [0.1, 0.15) is 36.2 Å². The van der Waals surface area contributed by atoms with Crippen molar-refractivity contribution in [3.05, 3.63) is 36.2 Å². The first-order chi connectivity index (χ1) is 11.6. The van der Waals surface area contributed by atoms with Gasteiger partial charge >= 0.3 is 0 Å². The summed E-state index contributed by atoms with van der Waals surface area (Å²) in [6.07, 6.45) is 6.11. The Kier molecular flexibility index (Phi) is 3.80. The Labute approximate surface area is 143 Å². The summed E-state index contributed by atoms with van der Waals surface area (Å²) in [5, 5.41) is 3.35. The van der Waals surface area contributed by atoms with Gasteiger partial charge in [-0.05, 0) is 38.0 Å². The lowest BCUT2D eigenvalue weighted by Gasteiger charge is -2.19. The minimum atomic E-state index is -0.261. The third-order valence-electron chi connectivity index (χ3n) is 4.12. The van der Waals surface area contributed by atoms with Crippen molar-refractivity contribution in [2.45, 2.75) is 36.2 Å². The predicted molar refractivity (Wildman–Crippen MR) is 90.7 cm³/mol. The van der Waals surface area contributed by atoms with Gasteiger partial charge in [-0.1, -0.05) is 11.8 Å². The highest BCUT2D eigenvalue weighted by molar-refractivity contribution is 8.00. The van der Waals surface area contributed by atoms with E-state index in [9.17, 15) is 9.59 Å². The Hall–Kier alpha value is -2.28. The van der Waals surface area contributed by atoms with Crippen LogP contribution in [0, 0.1) is 0 Å². The number of hydrogen-bond donors (Lipinski definition) is 1. The van der Waals surface area contributed by atoms with Crippen LogP contribution >= 0.6 is 11.8 Å². The summed E-state index contributed by atoms with van der Waals surface area (Å²) in [5.41, 5.74) is 1.11. The molecule has 0 radical (unpaired) electrons. The van der Waals surface area contributed by atoms with Crippen molar-refractivity contribution < 1.29 is 14.3 Å². The fraction of sp³-hybridized carbons (Fsp3) is 0.353. The number of thioether (sulfide) groups is 1.